The Labute approximate surface area is 98.3 Å². The van der Waals surface area contributed by atoms with Crippen LogP contribution in [-0.2, 0) is 9.53 Å². The first-order valence-corrected chi connectivity index (χ1v) is 5.24. The largest absolute Gasteiger partial charge is 0.380 e. The lowest BCUT2D eigenvalue weighted by atomic mass is 10.2. The molecule has 1 unspecified atom stereocenters. The summed E-state index contributed by atoms with van der Waals surface area (Å²) in [7, 11) is 1.57. The van der Waals surface area contributed by atoms with Crippen molar-refractivity contribution in [3.8, 4) is 0 Å². The van der Waals surface area contributed by atoms with E-state index < -0.39 is 0 Å². The summed E-state index contributed by atoms with van der Waals surface area (Å²) in [5.41, 5.74) is 5.40. The number of carbonyl (C=O) groups excluding carboxylic acids is 1. The number of hydrogen-bond acceptors (Lipinski definition) is 3. The third kappa shape index (κ3) is 9.97. The fourth-order valence-electron chi connectivity index (χ4n) is 1.14. The van der Waals surface area contributed by atoms with Crippen molar-refractivity contribution in [1.82, 2.24) is 5.32 Å². The van der Waals surface area contributed by atoms with Gasteiger partial charge in [0.25, 0.3) is 0 Å². The zero-order chi connectivity index (χ0) is 10.8. The number of nitrogens with one attached hydrogen (secondary N) is 1. The van der Waals surface area contributed by atoms with E-state index in [0.29, 0.717) is 13.0 Å². The number of rotatable bonds is 8. The molecule has 0 heterocycles. The van der Waals surface area contributed by atoms with E-state index in [1.54, 1.807) is 7.11 Å². The molecular weight excluding hydrogens is 216 g/mol. The summed E-state index contributed by atoms with van der Waals surface area (Å²) in [6.07, 6.45) is 3.58. The van der Waals surface area contributed by atoms with Gasteiger partial charge in [-0.2, -0.15) is 0 Å². The average molecular weight is 239 g/mol. The van der Waals surface area contributed by atoms with E-state index in [1.807, 2.05) is 0 Å². The summed E-state index contributed by atoms with van der Waals surface area (Å²) in [4.78, 5) is 11.3. The number of amides is 1. The molecule has 0 fully saturated rings. The maximum absolute atomic E-state index is 11.3. The molecule has 0 aliphatic rings. The van der Waals surface area contributed by atoms with Crippen molar-refractivity contribution in [3.05, 3.63) is 0 Å². The molecule has 1 atom stereocenters. The fraction of sp³-hybridized carbons (Fsp3) is 0.900. The van der Waals surface area contributed by atoms with Crippen LogP contribution in [0.2, 0.25) is 0 Å². The summed E-state index contributed by atoms with van der Waals surface area (Å²) in [5.74, 6) is 0.0263. The Morgan fingerprint density at radius 2 is 2.13 bits per heavy atom. The van der Waals surface area contributed by atoms with Gasteiger partial charge in [-0.15, -0.1) is 12.4 Å². The second-order valence-corrected chi connectivity index (χ2v) is 3.35. The fourth-order valence-corrected chi connectivity index (χ4v) is 1.14. The lowest BCUT2D eigenvalue weighted by Gasteiger charge is -2.12. The van der Waals surface area contributed by atoms with Crippen LogP contribution < -0.4 is 11.1 Å². The van der Waals surface area contributed by atoms with E-state index >= 15 is 0 Å². The van der Waals surface area contributed by atoms with E-state index in [2.05, 4.69) is 12.2 Å². The molecule has 0 bridgehead atoms. The van der Waals surface area contributed by atoms with Crippen molar-refractivity contribution in [3.63, 3.8) is 0 Å². The molecule has 0 aliphatic heterocycles. The highest BCUT2D eigenvalue weighted by Gasteiger charge is 2.10. The number of nitrogens with two attached hydrogens (primary N) is 1. The molecule has 0 radical (unpaired) electrons. The summed E-state index contributed by atoms with van der Waals surface area (Å²) in [6, 6.07) is 0. The van der Waals surface area contributed by atoms with Crippen LogP contribution >= 0.6 is 12.4 Å². The minimum atomic E-state index is -0.152. The van der Waals surface area contributed by atoms with Crippen molar-refractivity contribution in [1.29, 1.82) is 0 Å². The quantitative estimate of drug-likeness (QED) is 0.622. The average Bonchev–Trinajstić information content (AvgIpc) is 2.21. The minimum Gasteiger partial charge on any atom is -0.380 e. The van der Waals surface area contributed by atoms with Gasteiger partial charge in [-0.1, -0.05) is 19.8 Å². The first kappa shape index (κ1) is 17.1. The molecule has 0 saturated carbocycles. The van der Waals surface area contributed by atoms with Crippen molar-refractivity contribution in [2.45, 2.75) is 38.7 Å². The summed E-state index contributed by atoms with van der Waals surface area (Å²) in [6.45, 7) is 3.28. The van der Waals surface area contributed by atoms with E-state index in [-0.39, 0.29) is 24.4 Å². The smallest absolute Gasteiger partial charge is 0.222 e. The molecule has 1 amide bonds. The van der Waals surface area contributed by atoms with E-state index in [9.17, 15) is 4.79 Å². The number of halogens is 1. The van der Waals surface area contributed by atoms with Gasteiger partial charge in [0.15, 0.2) is 0 Å². The van der Waals surface area contributed by atoms with Gasteiger partial charge in [-0.25, -0.2) is 0 Å². The lowest BCUT2D eigenvalue weighted by molar-refractivity contribution is -0.123. The van der Waals surface area contributed by atoms with Crippen LogP contribution in [0.5, 0.6) is 0 Å². The third-order valence-corrected chi connectivity index (χ3v) is 2.11. The second-order valence-electron chi connectivity index (χ2n) is 3.35. The van der Waals surface area contributed by atoms with E-state index in [4.69, 9.17) is 10.5 Å². The zero-order valence-electron chi connectivity index (χ0n) is 9.62. The van der Waals surface area contributed by atoms with Crippen LogP contribution in [-0.4, -0.2) is 32.2 Å². The van der Waals surface area contributed by atoms with Gasteiger partial charge in [0.05, 0.1) is 12.5 Å². The topological polar surface area (TPSA) is 64.4 Å². The molecule has 5 heteroatoms. The molecular formula is C10H23ClN2O2. The number of methoxy groups -OCH3 is 1. The second kappa shape index (κ2) is 11.8. The Balaban J connectivity index is 0. The Morgan fingerprint density at radius 1 is 1.47 bits per heavy atom. The standard InChI is InChI=1S/C10H22N2O2.ClH/c1-3-4-5-6-12-10(13)7-9(8-11)14-2;/h9H,3-8,11H2,1-2H3,(H,12,13);1H. The number of carbonyl (C=O) groups is 1. The number of unbranched alkanes of at least 4 members (excludes halogenated alkanes) is 2. The van der Waals surface area contributed by atoms with Crippen LogP contribution in [0.4, 0.5) is 0 Å². The molecule has 0 spiro atoms. The zero-order valence-corrected chi connectivity index (χ0v) is 10.4. The summed E-state index contributed by atoms with van der Waals surface area (Å²) in [5, 5.41) is 2.84. The molecule has 0 saturated heterocycles. The van der Waals surface area contributed by atoms with Crippen LogP contribution in [0.15, 0.2) is 0 Å². The molecule has 0 aromatic heterocycles. The highest BCUT2D eigenvalue weighted by atomic mass is 35.5. The maximum Gasteiger partial charge on any atom is 0.222 e. The predicted octanol–water partition coefficient (Wildman–Crippen LogP) is 1.08. The normalized spacial score (nSPS) is 11.7. The van der Waals surface area contributed by atoms with Crippen LogP contribution in [0.25, 0.3) is 0 Å². The highest BCUT2D eigenvalue weighted by Crippen LogP contribution is 1.95. The molecule has 4 nitrogen and oxygen atoms in total. The number of ether oxygens (including phenoxy) is 1. The molecule has 0 aromatic rings. The van der Waals surface area contributed by atoms with E-state index in [0.717, 1.165) is 19.4 Å². The third-order valence-electron chi connectivity index (χ3n) is 2.11. The number of hydrogen-bond donors (Lipinski definition) is 2. The van der Waals surface area contributed by atoms with Crippen molar-refractivity contribution >= 4 is 18.3 Å². The van der Waals surface area contributed by atoms with Gasteiger partial charge in [0.2, 0.25) is 5.91 Å². The SMILES string of the molecule is CCCCCNC(=O)CC(CN)OC.Cl. The monoisotopic (exact) mass is 238 g/mol. The summed E-state index contributed by atoms with van der Waals surface area (Å²) >= 11 is 0. The predicted molar refractivity (Wildman–Crippen MR) is 64.3 cm³/mol. The minimum absolute atomic E-state index is 0. The lowest BCUT2D eigenvalue weighted by Crippen LogP contribution is -2.32. The molecule has 92 valence electrons. The summed E-state index contributed by atoms with van der Waals surface area (Å²) < 4.78 is 5.01. The molecule has 0 rings (SSSR count). The van der Waals surface area contributed by atoms with Gasteiger partial charge in [0, 0.05) is 20.2 Å². The van der Waals surface area contributed by atoms with Crippen molar-refractivity contribution < 1.29 is 9.53 Å². The van der Waals surface area contributed by atoms with Gasteiger partial charge in [-0.3, -0.25) is 4.79 Å². The van der Waals surface area contributed by atoms with E-state index in [1.165, 1.54) is 6.42 Å². The van der Waals surface area contributed by atoms with Gasteiger partial charge < -0.3 is 15.8 Å². The molecule has 3 N–H and O–H groups in total. The molecule has 15 heavy (non-hydrogen) atoms. The Bertz CT molecular complexity index is 152. The van der Waals surface area contributed by atoms with Crippen molar-refractivity contribution in [2.75, 3.05) is 20.2 Å². The van der Waals surface area contributed by atoms with Crippen molar-refractivity contribution in [2.24, 2.45) is 5.73 Å². The maximum atomic E-state index is 11.3. The Kier molecular flexibility index (Phi) is 13.4. The first-order chi connectivity index (χ1) is 6.74. The highest BCUT2D eigenvalue weighted by molar-refractivity contribution is 5.85. The van der Waals surface area contributed by atoms with Crippen LogP contribution in [0.1, 0.15) is 32.6 Å². The van der Waals surface area contributed by atoms with Gasteiger partial charge >= 0.3 is 0 Å². The van der Waals surface area contributed by atoms with Crippen LogP contribution in [0, 0.1) is 0 Å². The molecule has 0 aromatic carbocycles. The molecule has 0 aliphatic carbocycles. The van der Waals surface area contributed by atoms with Gasteiger partial charge in [0.1, 0.15) is 0 Å². The Hall–Kier alpha value is -0.320. The van der Waals surface area contributed by atoms with Crippen LogP contribution in [0.3, 0.4) is 0 Å². The first-order valence-electron chi connectivity index (χ1n) is 5.24. The van der Waals surface area contributed by atoms with Gasteiger partial charge in [-0.05, 0) is 6.42 Å². The Morgan fingerprint density at radius 3 is 2.60 bits per heavy atom.